The second-order valence-corrected chi connectivity index (χ2v) is 5.49. The van der Waals surface area contributed by atoms with Gasteiger partial charge in [-0.05, 0) is 42.8 Å². The van der Waals surface area contributed by atoms with Crippen LogP contribution in [0.4, 0.5) is 0 Å². The van der Waals surface area contributed by atoms with Crippen LogP contribution in [0, 0.1) is 0 Å². The maximum absolute atomic E-state index is 12.6. The molecule has 1 aliphatic heterocycles. The number of methoxy groups -OCH3 is 1. The Morgan fingerprint density at radius 2 is 1.67 bits per heavy atom. The molecule has 1 unspecified atom stereocenters. The average Bonchev–Trinajstić information content (AvgIpc) is 2.85. The highest BCUT2D eigenvalue weighted by Crippen LogP contribution is 2.32. The van der Waals surface area contributed by atoms with E-state index in [4.69, 9.17) is 9.84 Å². The fourth-order valence-electron chi connectivity index (χ4n) is 2.78. The molecule has 0 radical (unpaired) electrons. The number of carbonyl (C=O) groups excluding carboxylic acids is 2. The highest BCUT2D eigenvalue weighted by molar-refractivity contribution is 6.22. The Morgan fingerprint density at radius 3 is 2.25 bits per heavy atom. The molecule has 1 N–H and O–H groups in total. The van der Waals surface area contributed by atoms with Crippen LogP contribution in [0.15, 0.2) is 42.5 Å². The Balaban J connectivity index is 1.96. The van der Waals surface area contributed by atoms with Crippen LogP contribution in [-0.4, -0.2) is 34.9 Å². The standard InChI is InChI=1S/C18H15NO5/c1-10(11-3-6-13(24-2)7-4-11)19-16(20)14-8-5-12(18(22)23)9-15(14)17(19)21/h3-10H,1-2H3,(H,22,23). The minimum Gasteiger partial charge on any atom is -0.497 e. The summed E-state index contributed by atoms with van der Waals surface area (Å²) in [5.74, 6) is -1.37. The van der Waals surface area contributed by atoms with Crippen LogP contribution in [0.3, 0.4) is 0 Å². The van der Waals surface area contributed by atoms with Gasteiger partial charge in [0.25, 0.3) is 11.8 Å². The summed E-state index contributed by atoms with van der Waals surface area (Å²) in [4.78, 5) is 37.4. The van der Waals surface area contributed by atoms with Crippen LogP contribution in [0.2, 0.25) is 0 Å². The molecule has 0 bridgehead atoms. The SMILES string of the molecule is COc1ccc(C(C)N2C(=O)c3ccc(C(=O)O)cc3C2=O)cc1. The van der Waals surface area contributed by atoms with Crippen molar-refractivity contribution in [2.75, 3.05) is 7.11 Å². The predicted octanol–water partition coefficient (Wildman–Crippen LogP) is 2.75. The van der Waals surface area contributed by atoms with E-state index in [0.717, 1.165) is 10.5 Å². The summed E-state index contributed by atoms with van der Waals surface area (Å²) < 4.78 is 5.10. The lowest BCUT2D eigenvalue weighted by atomic mass is 10.1. The lowest BCUT2D eigenvalue weighted by molar-refractivity contribution is 0.0594. The van der Waals surface area contributed by atoms with Crippen molar-refractivity contribution in [3.05, 3.63) is 64.7 Å². The number of hydrogen-bond donors (Lipinski definition) is 1. The molecular weight excluding hydrogens is 310 g/mol. The third-order valence-electron chi connectivity index (χ3n) is 4.15. The first-order valence-corrected chi connectivity index (χ1v) is 7.33. The molecule has 1 aliphatic rings. The van der Waals surface area contributed by atoms with Gasteiger partial charge in [0.15, 0.2) is 0 Å². The first-order chi connectivity index (χ1) is 11.4. The van der Waals surface area contributed by atoms with Gasteiger partial charge in [-0.25, -0.2) is 4.79 Å². The molecule has 1 heterocycles. The number of rotatable bonds is 4. The number of aromatic carboxylic acids is 1. The number of carbonyl (C=O) groups is 3. The second kappa shape index (κ2) is 5.81. The van der Waals surface area contributed by atoms with Crippen LogP contribution < -0.4 is 4.74 Å². The summed E-state index contributed by atoms with van der Waals surface area (Å²) in [5, 5.41) is 9.05. The number of carboxylic acids is 1. The molecule has 24 heavy (non-hydrogen) atoms. The minimum atomic E-state index is -1.14. The number of carboxylic acid groups (broad SMARTS) is 1. The molecule has 122 valence electrons. The van der Waals surface area contributed by atoms with Gasteiger partial charge in [0.1, 0.15) is 5.75 Å². The highest BCUT2D eigenvalue weighted by Gasteiger charge is 2.39. The van der Waals surface area contributed by atoms with Crippen LogP contribution in [0.5, 0.6) is 5.75 Å². The van der Waals surface area contributed by atoms with E-state index in [1.54, 1.807) is 38.3 Å². The van der Waals surface area contributed by atoms with E-state index in [1.165, 1.54) is 18.2 Å². The largest absolute Gasteiger partial charge is 0.497 e. The zero-order valence-corrected chi connectivity index (χ0v) is 13.1. The molecule has 0 saturated carbocycles. The van der Waals surface area contributed by atoms with E-state index in [0.29, 0.717) is 5.75 Å². The highest BCUT2D eigenvalue weighted by atomic mass is 16.5. The molecule has 2 amide bonds. The van der Waals surface area contributed by atoms with Gasteiger partial charge in [-0.15, -0.1) is 0 Å². The van der Waals surface area contributed by atoms with Crippen molar-refractivity contribution in [2.24, 2.45) is 0 Å². The molecule has 0 aliphatic carbocycles. The van der Waals surface area contributed by atoms with Gasteiger partial charge in [-0.3, -0.25) is 14.5 Å². The van der Waals surface area contributed by atoms with Crippen molar-refractivity contribution in [1.29, 1.82) is 0 Å². The quantitative estimate of drug-likeness (QED) is 0.874. The lowest BCUT2D eigenvalue weighted by Crippen LogP contribution is -2.32. The Bertz CT molecular complexity index is 841. The lowest BCUT2D eigenvalue weighted by Gasteiger charge is -2.23. The van der Waals surface area contributed by atoms with E-state index in [2.05, 4.69) is 0 Å². The molecule has 0 aromatic heterocycles. The number of fused-ring (bicyclic) bond motifs is 1. The van der Waals surface area contributed by atoms with Gasteiger partial charge in [-0.2, -0.15) is 0 Å². The second-order valence-electron chi connectivity index (χ2n) is 5.49. The van der Waals surface area contributed by atoms with Crippen molar-refractivity contribution < 1.29 is 24.2 Å². The van der Waals surface area contributed by atoms with E-state index in [1.807, 2.05) is 0 Å². The minimum absolute atomic E-state index is 0.0196. The molecule has 6 heteroatoms. The molecule has 6 nitrogen and oxygen atoms in total. The molecule has 2 aromatic carbocycles. The van der Waals surface area contributed by atoms with Crippen LogP contribution in [-0.2, 0) is 0 Å². The van der Waals surface area contributed by atoms with Crippen LogP contribution in [0.25, 0.3) is 0 Å². The van der Waals surface area contributed by atoms with Crippen molar-refractivity contribution >= 4 is 17.8 Å². The number of amides is 2. The molecule has 0 spiro atoms. The van der Waals surface area contributed by atoms with Crippen LogP contribution in [0.1, 0.15) is 49.6 Å². The molecule has 0 fully saturated rings. The molecule has 1 atom stereocenters. The Kier molecular flexibility index (Phi) is 3.81. The summed E-state index contributed by atoms with van der Waals surface area (Å²) in [5.41, 5.74) is 1.11. The number of nitrogens with zero attached hydrogens (tertiary/aromatic N) is 1. The summed E-state index contributed by atoms with van der Waals surface area (Å²) in [6, 6.07) is 10.6. The molecule has 2 aromatic rings. The van der Waals surface area contributed by atoms with E-state index >= 15 is 0 Å². The molecule has 3 rings (SSSR count). The van der Waals surface area contributed by atoms with E-state index in [9.17, 15) is 14.4 Å². The Labute approximate surface area is 138 Å². The van der Waals surface area contributed by atoms with Crippen molar-refractivity contribution in [3.8, 4) is 5.75 Å². The van der Waals surface area contributed by atoms with Crippen molar-refractivity contribution in [3.63, 3.8) is 0 Å². The van der Waals surface area contributed by atoms with Gasteiger partial charge in [0, 0.05) is 0 Å². The molecule has 0 saturated heterocycles. The monoisotopic (exact) mass is 325 g/mol. The Morgan fingerprint density at radius 1 is 1.04 bits per heavy atom. The number of hydrogen-bond acceptors (Lipinski definition) is 4. The number of benzene rings is 2. The summed E-state index contributed by atoms with van der Waals surface area (Å²) >= 11 is 0. The molecular formula is C18H15NO5. The number of ether oxygens (including phenoxy) is 1. The number of imide groups is 1. The summed E-state index contributed by atoms with van der Waals surface area (Å²) in [6.45, 7) is 1.75. The van der Waals surface area contributed by atoms with Crippen LogP contribution >= 0.6 is 0 Å². The van der Waals surface area contributed by atoms with Crippen molar-refractivity contribution in [1.82, 2.24) is 4.90 Å². The summed E-state index contributed by atoms with van der Waals surface area (Å²) in [6.07, 6.45) is 0. The fraction of sp³-hybridized carbons (Fsp3) is 0.167. The van der Waals surface area contributed by atoms with Gasteiger partial charge < -0.3 is 9.84 Å². The smallest absolute Gasteiger partial charge is 0.335 e. The van der Waals surface area contributed by atoms with Crippen molar-refractivity contribution in [2.45, 2.75) is 13.0 Å². The fourth-order valence-corrected chi connectivity index (χ4v) is 2.78. The van der Waals surface area contributed by atoms with Gasteiger partial charge in [0.2, 0.25) is 0 Å². The average molecular weight is 325 g/mol. The van der Waals surface area contributed by atoms with Gasteiger partial charge in [-0.1, -0.05) is 12.1 Å². The van der Waals surface area contributed by atoms with Gasteiger partial charge >= 0.3 is 5.97 Å². The Hall–Kier alpha value is -3.15. The third kappa shape index (κ3) is 2.42. The zero-order valence-electron chi connectivity index (χ0n) is 13.1. The normalized spacial score (nSPS) is 14.5. The summed E-state index contributed by atoms with van der Waals surface area (Å²) in [7, 11) is 1.56. The maximum atomic E-state index is 12.6. The predicted molar refractivity (Wildman–Crippen MR) is 85.3 cm³/mol. The maximum Gasteiger partial charge on any atom is 0.335 e. The first-order valence-electron chi connectivity index (χ1n) is 7.33. The topological polar surface area (TPSA) is 83.9 Å². The van der Waals surface area contributed by atoms with E-state index in [-0.39, 0.29) is 16.7 Å². The van der Waals surface area contributed by atoms with E-state index < -0.39 is 23.8 Å². The third-order valence-corrected chi connectivity index (χ3v) is 4.15. The van der Waals surface area contributed by atoms with Gasteiger partial charge in [0.05, 0.1) is 29.8 Å². The zero-order chi connectivity index (χ0) is 17.4. The first kappa shape index (κ1) is 15.7.